The van der Waals surface area contributed by atoms with Gasteiger partial charge in [-0.15, -0.1) is 0 Å². The Balaban J connectivity index is 3.18. The number of hydrogen-bond acceptors (Lipinski definition) is 3. The smallest absolute Gasteiger partial charge is 0.256 e. The SMILES string of the molecule is CNC(=O)c1c[nH]c(=O)cc1O. The van der Waals surface area contributed by atoms with Crippen molar-refractivity contribution < 1.29 is 9.90 Å². The first-order valence-corrected chi connectivity index (χ1v) is 3.29. The quantitative estimate of drug-likeness (QED) is 0.525. The predicted octanol–water partition coefficient (Wildman–Crippen LogP) is -0.560. The molecule has 64 valence electrons. The van der Waals surface area contributed by atoms with Gasteiger partial charge in [0.2, 0.25) is 0 Å². The average molecular weight is 168 g/mol. The van der Waals surface area contributed by atoms with Crippen LogP contribution >= 0.6 is 0 Å². The molecule has 0 aromatic carbocycles. The molecule has 1 amide bonds. The number of aromatic nitrogens is 1. The molecule has 1 rings (SSSR count). The van der Waals surface area contributed by atoms with E-state index in [0.29, 0.717) is 0 Å². The van der Waals surface area contributed by atoms with Crippen molar-refractivity contribution in [2.45, 2.75) is 0 Å². The molecule has 0 bridgehead atoms. The summed E-state index contributed by atoms with van der Waals surface area (Å²) in [7, 11) is 1.44. The van der Waals surface area contributed by atoms with Crippen molar-refractivity contribution in [3.05, 3.63) is 28.2 Å². The fourth-order valence-electron chi connectivity index (χ4n) is 0.777. The molecule has 1 aromatic rings. The van der Waals surface area contributed by atoms with Crippen LogP contribution in [0.15, 0.2) is 17.1 Å². The lowest BCUT2D eigenvalue weighted by molar-refractivity contribution is 0.0960. The number of carbonyl (C=O) groups excluding carboxylic acids is 1. The van der Waals surface area contributed by atoms with Crippen LogP contribution in [-0.4, -0.2) is 23.0 Å². The van der Waals surface area contributed by atoms with Gasteiger partial charge in [-0.2, -0.15) is 0 Å². The maximum Gasteiger partial charge on any atom is 0.256 e. The van der Waals surface area contributed by atoms with Crippen LogP contribution in [0.1, 0.15) is 10.4 Å². The highest BCUT2D eigenvalue weighted by molar-refractivity contribution is 5.96. The van der Waals surface area contributed by atoms with Gasteiger partial charge in [0.25, 0.3) is 11.5 Å². The Bertz CT molecular complexity index is 356. The Morgan fingerprint density at radius 1 is 1.67 bits per heavy atom. The zero-order valence-electron chi connectivity index (χ0n) is 6.42. The van der Waals surface area contributed by atoms with Crippen LogP contribution in [0.2, 0.25) is 0 Å². The summed E-state index contributed by atoms with van der Waals surface area (Å²) in [6.45, 7) is 0. The van der Waals surface area contributed by atoms with Crippen LogP contribution in [0.4, 0.5) is 0 Å². The molecule has 1 heterocycles. The maximum atomic E-state index is 11.0. The maximum absolute atomic E-state index is 11.0. The molecule has 0 aliphatic carbocycles. The summed E-state index contributed by atoms with van der Waals surface area (Å²) < 4.78 is 0. The van der Waals surface area contributed by atoms with Crippen molar-refractivity contribution in [3.63, 3.8) is 0 Å². The molecule has 12 heavy (non-hydrogen) atoms. The number of hydrogen-bond donors (Lipinski definition) is 3. The lowest BCUT2D eigenvalue weighted by atomic mass is 10.2. The predicted molar refractivity (Wildman–Crippen MR) is 42.1 cm³/mol. The fraction of sp³-hybridized carbons (Fsp3) is 0.143. The molecule has 3 N–H and O–H groups in total. The molecule has 0 unspecified atom stereocenters. The summed E-state index contributed by atoms with van der Waals surface area (Å²) >= 11 is 0. The highest BCUT2D eigenvalue weighted by atomic mass is 16.3. The Hall–Kier alpha value is -1.78. The normalized spacial score (nSPS) is 9.42. The minimum absolute atomic E-state index is 0.0529. The third kappa shape index (κ3) is 1.45. The minimum atomic E-state index is -0.444. The molecule has 0 saturated heterocycles. The lowest BCUT2D eigenvalue weighted by Crippen LogP contribution is -2.19. The fourth-order valence-corrected chi connectivity index (χ4v) is 0.777. The van der Waals surface area contributed by atoms with Gasteiger partial charge in [0.15, 0.2) is 0 Å². The van der Waals surface area contributed by atoms with Gasteiger partial charge < -0.3 is 15.4 Å². The molecular formula is C7H8N2O3. The van der Waals surface area contributed by atoms with Gasteiger partial charge in [0, 0.05) is 19.3 Å². The van der Waals surface area contributed by atoms with Crippen molar-refractivity contribution in [3.8, 4) is 5.75 Å². The van der Waals surface area contributed by atoms with Gasteiger partial charge in [0.1, 0.15) is 5.75 Å². The van der Waals surface area contributed by atoms with E-state index in [9.17, 15) is 9.59 Å². The first kappa shape index (κ1) is 8.32. The van der Waals surface area contributed by atoms with E-state index in [2.05, 4.69) is 10.3 Å². The van der Waals surface area contributed by atoms with Gasteiger partial charge in [-0.05, 0) is 0 Å². The van der Waals surface area contributed by atoms with Crippen molar-refractivity contribution in [1.29, 1.82) is 0 Å². The summed E-state index contributed by atoms with van der Waals surface area (Å²) in [5.74, 6) is -0.762. The van der Waals surface area contributed by atoms with E-state index >= 15 is 0 Å². The van der Waals surface area contributed by atoms with Gasteiger partial charge in [-0.3, -0.25) is 9.59 Å². The second-order valence-electron chi connectivity index (χ2n) is 2.18. The summed E-state index contributed by atoms with van der Waals surface area (Å²) in [6.07, 6.45) is 1.16. The monoisotopic (exact) mass is 168 g/mol. The first-order chi connectivity index (χ1) is 5.65. The number of aromatic hydroxyl groups is 1. The minimum Gasteiger partial charge on any atom is -0.507 e. The zero-order chi connectivity index (χ0) is 9.14. The average Bonchev–Trinajstić information content (AvgIpc) is 2.03. The van der Waals surface area contributed by atoms with E-state index in [4.69, 9.17) is 5.11 Å². The summed E-state index contributed by atoms with van der Waals surface area (Å²) in [6, 6.07) is 0.949. The molecule has 0 fully saturated rings. The highest BCUT2D eigenvalue weighted by Crippen LogP contribution is 2.10. The number of amides is 1. The first-order valence-electron chi connectivity index (χ1n) is 3.29. The molecule has 5 heteroatoms. The number of nitrogens with one attached hydrogen (secondary N) is 2. The Morgan fingerprint density at radius 2 is 2.33 bits per heavy atom. The summed E-state index contributed by atoms with van der Waals surface area (Å²) in [4.78, 5) is 23.8. The Morgan fingerprint density at radius 3 is 2.83 bits per heavy atom. The number of aromatic amines is 1. The van der Waals surface area contributed by atoms with E-state index in [-0.39, 0.29) is 11.3 Å². The van der Waals surface area contributed by atoms with E-state index < -0.39 is 11.5 Å². The molecule has 0 aliphatic heterocycles. The van der Waals surface area contributed by atoms with Crippen LogP contribution < -0.4 is 10.9 Å². The molecule has 0 atom stereocenters. The van der Waals surface area contributed by atoms with E-state index in [1.807, 2.05) is 0 Å². The van der Waals surface area contributed by atoms with Crippen LogP contribution in [0.5, 0.6) is 5.75 Å². The van der Waals surface area contributed by atoms with Gasteiger partial charge in [-0.1, -0.05) is 0 Å². The van der Waals surface area contributed by atoms with Gasteiger partial charge >= 0.3 is 0 Å². The molecule has 5 nitrogen and oxygen atoms in total. The van der Waals surface area contributed by atoms with E-state index in [0.717, 1.165) is 12.3 Å². The second-order valence-corrected chi connectivity index (χ2v) is 2.18. The Labute approximate surface area is 68.0 Å². The van der Waals surface area contributed by atoms with Crippen LogP contribution in [-0.2, 0) is 0 Å². The van der Waals surface area contributed by atoms with Crippen LogP contribution in [0, 0.1) is 0 Å². The van der Waals surface area contributed by atoms with Crippen molar-refractivity contribution >= 4 is 5.91 Å². The molecule has 0 spiro atoms. The highest BCUT2D eigenvalue weighted by Gasteiger charge is 2.08. The molecule has 0 aliphatic rings. The summed E-state index contributed by atoms with van der Waals surface area (Å²) in [5.41, 5.74) is -0.391. The molecule has 0 radical (unpaired) electrons. The number of carbonyl (C=O) groups is 1. The van der Waals surface area contributed by atoms with Crippen molar-refractivity contribution in [1.82, 2.24) is 10.3 Å². The molecule has 0 saturated carbocycles. The topological polar surface area (TPSA) is 82.2 Å². The molecule has 1 aromatic heterocycles. The second kappa shape index (κ2) is 3.08. The van der Waals surface area contributed by atoms with Gasteiger partial charge in [0.05, 0.1) is 5.56 Å². The third-order valence-electron chi connectivity index (χ3n) is 1.37. The number of H-pyrrole nitrogens is 1. The largest absolute Gasteiger partial charge is 0.507 e. The van der Waals surface area contributed by atoms with Crippen molar-refractivity contribution in [2.75, 3.05) is 7.05 Å². The van der Waals surface area contributed by atoms with Crippen LogP contribution in [0.25, 0.3) is 0 Å². The number of rotatable bonds is 1. The molecular weight excluding hydrogens is 160 g/mol. The van der Waals surface area contributed by atoms with E-state index in [1.165, 1.54) is 7.05 Å². The number of pyridine rings is 1. The standard InChI is InChI=1S/C7H8N2O3/c1-8-7(12)4-3-9-6(11)2-5(4)10/h2-3H,1H3,(H,8,12)(H2,9,10,11). The van der Waals surface area contributed by atoms with Crippen LogP contribution in [0.3, 0.4) is 0 Å². The third-order valence-corrected chi connectivity index (χ3v) is 1.37. The van der Waals surface area contributed by atoms with E-state index in [1.54, 1.807) is 0 Å². The van der Waals surface area contributed by atoms with Gasteiger partial charge in [-0.25, -0.2) is 0 Å². The zero-order valence-corrected chi connectivity index (χ0v) is 6.42. The van der Waals surface area contributed by atoms with Crippen molar-refractivity contribution in [2.24, 2.45) is 0 Å². The summed E-state index contributed by atoms with van der Waals surface area (Å²) in [5, 5.41) is 11.4. The lowest BCUT2D eigenvalue weighted by Gasteiger charge is -2.00. The Kier molecular flexibility index (Phi) is 2.14.